The molecule has 2 saturated carbocycles. The van der Waals surface area contributed by atoms with Crippen LogP contribution < -0.4 is 0 Å². The van der Waals surface area contributed by atoms with Crippen LogP contribution in [0, 0.1) is 35.5 Å². The molecule has 0 bridgehead atoms. The lowest BCUT2D eigenvalue weighted by atomic mass is 9.61. The zero-order valence-electron chi connectivity index (χ0n) is 11.9. The maximum atomic E-state index is 12.6. The van der Waals surface area contributed by atoms with Crippen molar-refractivity contribution in [3.8, 4) is 0 Å². The average molecular weight is 236 g/mol. The monoisotopic (exact) mass is 236 g/mol. The van der Waals surface area contributed by atoms with Crippen molar-refractivity contribution >= 4 is 5.78 Å². The number of Topliss-reactive ketones (excluding diaryl/α,β-unsaturated/α-hetero) is 1. The van der Waals surface area contributed by atoms with Crippen LogP contribution in [-0.2, 0) is 4.79 Å². The number of hydrogen-bond donors (Lipinski definition) is 0. The Balaban J connectivity index is 2.22. The highest BCUT2D eigenvalue weighted by molar-refractivity contribution is 5.84. The van der Waals surface area contributed by atoms with Crippen LogP contribution in [0.1, 0.15) is 59.8 Å². The van der Waals surface area contributed by atoms with Crippen LogP contribution in [0.5, 0.6) is 0 Å². The average Bonchev–Trinajstić information content (AvgIpc) is 2.69. The van der Waals surface area contributed by atoms with Crippen molar-refractivity contribution in [3.63, 3.8) is 0 Å². The summed E-state index contributed by atoms with van der Waals surface area (Å²) in [5, 5.41) is 0. The summed E-state index contributed by atoms with van der Waals surface area (Å²) in [6.07, 6.45) is 6.29. The van der Waals surface area contributed by atoms with Crippen molar-refractivity contribution in [2.24, 2.45) is 35.5 Å². The van der Waals surface area contributed by atoms with Gasteiger partial charge >= 0.3 is 0 Å². The molecule has 0 aliphatic heterocycles. The van der Waals surface area contributed by atoms with E-state index < -0.39 is 0 Å². The van der Waals surface area contributed by atoms with Gasteiger partial charge in [-0.2, -0.15) is 0 Å². The first-order valence-electron chi connectivity index (χ1n) is 7.60. The summed E-state index contributed by atoms with van der Waals surface area (Å²) in [5.41, 5.74) is 0. The Hall–Kier alpha value is -0.330. The molecule has 0 saturated heterocycles. The first-order chi connectivity index (χ1) is 8.06. The quantitative estimate of drug-likeness (QED) is 0.698. The molecule has 0 heterocycles. The number of ketones is 1. The maximum absolute atomic E-state index is 12.6. The number of hydrogen-bond acceptors (Lipinski definition) is 1. The van der Waals surface area contributed by atoms with E-state index in [1.165, 1.54) is 25.7 Å². The number of carbonyl (C=O) groups is 1. The van der Waals surface area contributed by atoms with Crippen molar-refractivity contribution in [2.45, 2.75) is 59.8 Å². The molecule has 0 radical (unpaired) electrons. The molecule has 2 aliphatic rings. The summed E-state index contributed by atoms with van der Waals surface area (Å²) in [5.74, 6) is 4.15. The normalized spacial score (nSPS) is 47.4. The topological polar surface area (TPSA) is 17.1 Å². The molecule has 2 rings (SSSR count). The van der Waals surface area contributed by atoms with Gasteiger partial charge in [0.2, 0.25) is 0 Å². The SMILES string of the molecule is CC[C@@H]1C(C)C[C@@H](C)C(=O)C1C1CCCC1C. The molecular formula is C16H28O. The summed E-state index contributed by atoms with van der Waals surface area (Å²) < 4.78 is 0. The van der Waals surface area contributed by atoms with Gasteiger partial charge < -0.3 is 0 Å². The minimum absolute atomic E-state index is 0.311. The zero-order chi connectivity index (χ0) is 12.6. The lowest BCUT2D eigenvalue weighted by Crippen LogP contribution is -2.43. The fourth-order valence-corrected chi connectivity index (χ4v) is 4.63. The van der Waals surface area contributed by atoms with E-state index in [4.69, 9.17) is 0 Å². The van der Waals surface area contributed by atoms with E-state index in [2.05, 4.69) is 27.7 Å². The summed E-state index contributed by atoms with van der Waals surface area (Å²) >= 11 is 0. The van der Waals surface area contributed by atoms with Crippen molar-refractivity contribution in [3.05, 3.63) is 0 Å². The molecule has 0 aromatic carbocycles. The molecule has 2 aliphatic carbocycles. The Labute approximate surface area is 106 Å². The Morgan fingerprint density at radius 2 is 1.82 bits per heavy atom. The van der Waals surface area contributed by atoms with Crippen molar-refractivity contribution in [1.29, 1.82) is 0 Å². The second-order valence-corrected chi connectivity index (χ2v) is 6.69. The first kappa shape index (κ1) is 13.1. The highest BCUT2D eigenvalue weighted by atomic mass is 16.1. The zero-order valence-corrected chi connectivity index (χ0v) is 11.9. The largest absolute Gasteiger partial charge is 0.299 e. The molecule has 98 valence electrons. The molecule has 1 heteroatoms. The Kier molecular flexibility index (Phi) is 3.95. The Morgan fingerprint density at radius 3 is 2.35 bits per heavy atom. The molecule has 0 aromatic heterocycles. The van der Waals surface area contributed by atoms with Crippen LogP contribution in [0.25, 0.3) is 0 Å². The van der Waals surface area contributed by atoms with Gasteiger partial charge in [-0.3, -0.25) is 4.79 Å². The highest BCUT2D eigenvalue weighted by Gasteiger charge is 2.45. The molecule has 2 fully saturated rings. The van der Waals surface area contributed by atoms with E-state index in [0.717, 1.165) is 18.3 Å². The van der Waals surface area contributed by atoms with Gasteiger partial charge in [0.25, 0.3) is 0 Å². The van der Waals surface area contributed by atoms with Gasteiger partial charge in [0.05, 0.1) is 0 Å². The minimum Gasteiger partial charge on any atom is -0.299 e. The van der Waals surface area contributed by atoms with Crippen LogP contribution in [0.4, 0.5) is 0 Å². The van der Waals surface area contributed by atoms with Crippen LogP contribution in [0.2, 0.25) is 0 Å². The molecule has 0 aromatic rings. The second-order valence-electron chi connectivity index (χ2n) is 6.69. The molecule has 0 spiro atoms. The summed E-state index contributed by atoms with van der Waals surface area (Å²) in [6, 6.07) is 0. The summed E-state index contributed by atoms with van der Waals surface area (Å²) in [7, 11) is 0. The minimum atomic E-state index is 0.311. The molecular weight excluding hydrogens is 208 g/mol. The lowest BCUT2D eigenvalue weighted by Gasteiger charge is -2.42. The number of carbonyl (C=O) groups excluding carboxylic acids is 1. The standard InChI is InChI=1S/C16H28O/c1-5-13-11(3)9-12(4)16(17)15(13)14-8-6-7-10(14)2/h10-15H,5-9H2,1-4H3/t10?,11?,12-,13-,14?,15?/m1/s1. The third kappa shape index (κ3) is 2.30. The van der Waals surface area contributed by atoms with E-state index in [0.29, 0.717) is 29.5 Å². The van der Waals surface area contributed by atoms with E-state index >= 15 is 0 Å². The highest BCUT2D eigenvalue weighted by Crippen LogP contribution is 2.47. The molecule has 1 nitrogen and oxygen atoms in total. The third-order valence-corrected chi connectivity index (χ3v) is 5.59. The van der Waals surface area contributed by atoms with E-state index in [1.54, 1.807) is 0 Å². The molecule has 17 heavy (non-hydrogen) atoms. The van der Waals surface area contributed by atoms with Crippen molar-refractivity contribution in [1.82, 2.24) is 0 Å². The van der Waals surface area contributed by atoms with Gasteiger partial charge in [-0.15, -0.1) is 0 Å². The van der Waals surface area contributed by atoms with Gasteiger partial charge in [-0.25, -0.2) is 0 Å². The fourth-order valence-electron chi connectivity index (χ4n) is 4.63. The smallest absolute Gasteiger partial charge is 0.139 e. The predicted molar refractivity (Wildman–Crippen MR) is 71.7 cm³/mol. The fraction of sp³-hybridized carbons (Fsp3) is 0.938. The Morgan fingerprint density at radius 1 is 1.12 bits per heavy atom. The molecule has 0 N–H and O–H groups in total. The first-order valence-corrected chi connectivity index (χ1v) is 7.60. The number of rotatable bonds is 2. The van der Waals surface area contributed by atoms with Crippen LogP contribution in [0.15, 0.2) is 0 Å². The van der Waals surface area contributed by atoms with Gasteiger partial charge in [0.1, 0.15) is 5.78 Å². The van der Waals surface area contributed by atoms with Crippen LogP contribution in [0.3, 0.4) is 0 Å². The van der Waals surface area contributed by atoms with Gasteiger partial charge in [-0.05, 0) is 36.5 Å². The molecule has 6 atom stereocenters. The van der Waals surface area contributed by atoms with Crippen LogP contribution >= 0.6 is 0 Å². The van der Waals surface area contributed by atoms with E-state index in [1.807, 2.05) is 0 Å². The maximum Gasteiger partial charge on any atom is 0.139 e. The van der Waals surface area contributed by atoms with Gasteiger partial charge in [0, 0.05) is 11.8 Å². The van der Waals surface area contributed by atoms with Gasteiger partial charge in [-0.1, -0.05) is 47.0 Å². The Bertz CT molecular complexity index is 281. The molecule has 4 unspecified atom stereocenters. The third-order valence-electron chi connectivity index (χ3n) is 5.59. The van der Waals surface area contributed by atoms with E-state index in [-0.39, 0.29) is 0 Å². The van der Waals surface area contributed by atoms with Crippen molar-refractivity contribution in [2.75, 3.05) is 0 Å². The summed E-state index contributed by atoms with van der Waals surface area (Å²) in [4.78, 5) is 12.6. The summed E-state index contributed by atoms with van der Waals surface area (Å²) in [6.45, 7) is 9.15. The second kappa shape index (κ2) is 5.12. The predicted octanol–water partition coefficient (Wildman–Crippen LogP) is 4.31. The van der Waals surface area contributed by atoms with Crippen LogP contribution in [-0.4, -0.2) is 5.78 Å². The van der Waals surface area contributed by atoms with Gasteiger partial charge in [0.15, 0.2) is 0 Å². The van der Waals surface area contributed by atoms with E-state index in [9.17, 15) is 4.79 Å². The molecule has 0 amide bonds. The van der Waals surface area contributed by atoms with Crippen molar-refractivity contribution < 1.29 is 4.79 Å². The lowest BCUT2D eigenvalue weighted by molar-refractivity contribution is -0.136.